The van der Waals surface area contributed by atoms with Gasteiger partial charge in [0.15, 0.2) is 5.16 Å². The van der Waals surface area contributed by atoms with Gasteiger partial charge >= 0.3 is 11.9 Å². The number of nitrogens with one attached hydrogen (secondary N) is 1. The second-order valence-corrected chi connectivity index (χ2v) is 4.83. The Balaban J connectivity index is 1.92. The van der Waals surface area contributed by atoms with Gasteiger partial charge in [-0.1, -0.05) is 11.8 Å². The standard InChI is InChI=1S/C13H14N2O5S/c1-3-19-11(16)9-6-14-13(15-9)21-7-8-4-5-10(20-8)12(17)18-2/h4-6H,3,7H2,1-2H3,(H,14,15). The molecule has 0 amide bonds. The molecule has 112 valence electrons. The summed E-state index contributed by atoms with van der Waals surface area (Å²) in [6.07, 6.45) is 1.42. The molecule has 0 spiro atoms. The molecular formula is C13H14N2O5S. The Morgan fingerprint density at radius 2 is 2.19 bits per heavy atom. The van der Waals surface area contributed by atoms with Crippen molar-refractivity contribution in [2.75, 3.05) is 13.7 Å². The van der Waals surface area contributed by atoms with Gasteiger partial charge < -0.3 is 18.9 Å². The van der Waals surface area contributed by atoms with Gasteiger partial charge in [0, 0.05) is 0 Å². The predicted octanol–water partition coefficient (Wildman–Crippen LogP) is 2.26. The Hall–Kier alpha value is -2.22. The van der Waals surface area contributed by atoms with Crippen molar-refractivity contribution in [3.8, 4) is 0 Å². The van der Waals surface area contributed by atoms with Crippen molar-refractivity contribution in [1.82, 2.24) is 9.97 Å². The van der Waals surface area contributed by atoms with E-state index >= 15 is 0 Å². The number of hydrogen-bond donors (Lipinski definition) is 1. The van der Waals surface area contributed by atoms with Crippen LogP contribution in [0.2, 0.25) is 0 Å². The largest absolute Gasteiger partial charge is 0.463 e. The number of methoxy groups -OCH3 is 1. The van der Waals surface area contributed by atoms with Crippen LogP contribution in [0, 0.1) is 0 Å². The predicted molar refractivity (Wildman–Crippen MR) is 74.2 cm³/mol. The van der Waals surface area contributed by atoms with E-state index in [0.29, 0.717) is 29.0 Å². The average molecular weight is 310 g/mol. The normalized spacial score (nSPS) is 10.4. The Morgan fingerprint density at radius 1 is 1.38 bits per heavy atom. The molecule has 0 fully saturated rings. The third kappa shape index (κ3) is 3.88. The quantitative estimate of drug-likeness (QED) is 0.646. The van der Waals surface area contributed by atoms with E-state index in [1.165, 1.54) is 25.1 Å². The Bertz CT molecular complexity index is 634. The number of hydrogen-bond acceptors (Lipinski definition) is 7. The highest BCUT2D eigenvalue weighted by molar-refractivity contribution is 7.98. The fraction of sp³-hybridized carbons (Fsp3) is 0.308. The van der Waals surface area contributed by atoms with Crippen molar-refractivity contribution in [3.05, 3.63) is 35.5 Å². The lowest BCUT2D eigenvalue weighted by Gasteiger charge is -1.97. The first-order valence-corrected chi connectivity index (χ1v) is 7.14. The number of imidazole rings is 1. The second kappa shape index (κ2) is 6.98. The van der Waals surface area contributed by atoms with Crippen LogP contribution in [0.25, 0.3) is 0 Å². The fourth-order valence-corrected chi connectivity index (χ4v) is 2.24. The Morgan fingerprint density at radius 3 is 2.90 bits per heavy atom. The molecule has 2 rings (SSSR count). The van der Waals surface area contributed by atoms with Gasteiger partial charge in [-0.15, -0.1) is 0 Å². The zero-order valence-electron chi connectivity index (χ0n) is 11.5. The number of nitrogens with zero attached hydrogens (tertiary/aromatic N) is 1. The van der Waals surface area contributed by atoms with E-state index in [0.717, 1.165) is 0 Å². The van der Waals surface area contributed by atoms with E-state index in [1.54, 1.807) is 19.1 Å². The third-order valence-electron chi connectivity index (χ3n) is 2.45. The number of esters is 2. The fourth-order valence-electron chi connectivity index (χ4n) is 1.49. The maximum Gasteiger partial charge on any atom is 0.373 e. The molecule has 0 radical (unpaired) electrons. The zero-order chi connectivity index (χ0) is 15.2. The molecule has 2 aromatic rings. The maximum absolute atomic E-state index is 11.5. The van der Waals surface area contributed by atoms with Gasteiger partial charge in [0.1, 0.15) is 11.5 Å². The SMILES string of the molecule is CCOC(=O)c1cnc(SCc2ccc(C(=O)OC)o2)[nH]1. The highest BCUT2D eigenvalue weighted by atomic mass is 32.2. The summed E-state index contributed by atoms with van der Waals surface area (Å²) in [5, 5.41) is 0.564. The first-order valence-electron chi connectivity index (χ1n) is 6.16. The number of ether oxygens (including phenoxy) is 2. The lowest BCUT2D eigenvalue weighted by molar-refractivity contribution is 0.0518. The van der Waals surface area contributed by atoms with E-state index < -0.39 is 11.9 Å². The summed E-state index contributed by atoms with van der Waals surface area (Å²) >= 11 is 1.34. The molecule has 0 aliphatic carbocycles. The summed E-state index contributed by atoms with van der Waals surface area (Å²) < 4.78 is 14.7. The van der Waals surface area contributed by atoms with Crippen molar-refractivity contribution in [3.63, 3.8) is 0 Å². The van der Waals surface area contributed by atoms with E-state index in [4.69, 9.17) is 9.15 Å². The summed E-state index contributed by atoms with van der Waals surface area (Å²) in [5.74, 6) is 0.262. The van der Waals surface area contributed by atoms with Crippen molar-refractivity contribution in [1.29, 1.82) is 0 Å². The molecule has 0 aromatic carbocycles. The van der Waals surface area contributed by atoms with Gasteiger partial charge in [-0.3, -0.25) is 0 Å². The number of carbonyl (C=O) groups is 2. The molecule has 2 aromatic heterocycles. The summed E-state index contributed by atoms with van der Waals surface area (Å²) in [5.41, 5.74) is 0.300. The van der Waals surface area contributed by atoms with Crippen LogP contribution in [0.1, 0.15) is 33.7 Å². The van der Waals surface area contributed by atoms with Crippen molar-refractivity contribution < 1.29 is 23.5 Å². The van der Waals surface area contributed by atoms with E-state index in [-0.39, 0.29) is 5.76 Å². The van der Waals surface area contributed by atoms with Crippen LogP contribution in [-0.4, -0.2) is 35.6 Å². The van der Waals surface area contributed by atoms with E-state index in [9.17, 15) is 9.59 Å². The Labute approximate surface area is 125 Å². The number of H-pyrrole nitrogens is 1. The highest BCUT2D eigenvalue weighted by Crippen LogP contribution is 2.21. The summed E-state index contributed by atoms with van der Waals surface area (Å²) in [7, 11) is 1.29. The minimum atomic E-state index is -0.520. The molecule has 8 heteroatoms. The number of aromatic nitrogens is 2. The molecule has 0 atom stereocenters. The number of thioether (sulfide) groups is 1. The molecule has 0 bridgehead atoms. The van der Waals surface area contributed by atoms with Crippen molar-refractivity contribution >= 4 is 23.7 Å². The van der Waals surface area contributed by atoms with Crippen LogP contribution in [0.5, 0.6) is 0 Å². The monoisotopic (exact) mass is 310 g/mol. The molecule has 0 aliphatic rings. The number of furan rings is 1. The molecule has 0 saturated heterocycles. The lowest BCUT2D eigenvalue weighted by Crippen LogP contribution is -2.04. The van der Waals surface area contributed by atoms with Crippen LogP contribution in [0.3, 0.4) is 0 Å². The van der Waals surface area contributed by atoms with Gasteiger partial charge in [0.05, 0.1) is 25.7 Å². The molecule has 0 unspecified atom stereocenters. The number of aromatic amines is 1. The third-order valence-corrected chi connectivity index (χ3v) is 3.36. The van der Waals surface area contributed by atoms with Crippen molar-refractivity contribution in [2.24, 2.45) is 0 Å². The minimum Gasteiger partial charge on any atom is -0.463 e. The van der Waals surface area contributed by atoms with Gasteiger partial charge in [0.2, 0.25) is 5.76 Å². The van der Waals surface area contributed by atoms with Crippen LogP contribution < -0.4 is 0 Å². The van der Waals surface area contributed by atoms with Gasteiger partial charge in [-0.2, -0.15) is 0 Å². The molecule has 0 saturated carbocycles. The van der Waals surface area contributed by atoms with Gasteiger partial charge in [-0.05, 0) is 19.1 Å². The Kier molecular flexibility index (Phi) is 5.04. The first kappa shape index (κ1) is 15.2. The summed E-state index contributed by atoms with van der Waals surface area (Å²) in [6, 6.07) is 3.24. The second-order valence-electron chi connectivity index (χ2n) is 3.87. The summed E-state index contributed by atoms with van der Waals surface area (Å²) in [6.45, 7) is 2.04. The zero-order valence-corrected chi connectivity index (χ0v) is 12.4. The van der Waals surface area contributed by atoms with E-state index in [1.807, 2.05) is 0 Å². The van der Waals surface area contributed by atoms with Gasteiger partial charge in [0.25, 0.3) is 0 Å². The lowest BCUT2D eigenvalue weighted by atomic mass is 10.4. The molecule has 0 aliphatic heterocycles. The van der Waals surface area contributed by atoms with Gasteiger partial charge in [-0.25, -0.2) is 14.6 Å². The maximum atomic E-state index is 11.5. The first-order chi connectivity index (χ1) is 10.1. The van der Waals surface area contributed by atoms with Crippen LogP contribution in [0.15, 0.2) is 27.9 Å². The molecule has 21 heavy (non-hydrogen) atoms. The molecule has 1 N–H and O–H groups in total. The van der Waals surface area contributed by atoms with Crippen LogP contribution >= 0.6 is 11.8 Å². The smallest absolute Gasteiger partial charge is 0.373 e. The molecular weight excluding hydrogens is 296 g/mol. The highest BCUT2D eigenvalue weighted by Gasteiger charge is 2.13. The topological polar surface area (TPSA) is 94.4 Å². The van der Waals surface area contributed by atoms with Crippen LogP contribution in [0.4, 0.5) is 0 Å². The molecule has 7 nitrogen and oxygen atoms in total. The number of rotatable bonds is 6. The number of carbonyl (C=O) groups excluding carboxylic acids is 2. The van der Waals surface area contributed by atoms with Crippen LogP contribution in [-0.2, 0) is 15.2 Å². The summed E-state index contributed by atoms with van der Waals surface area (Å²) in [4.78, 5) is 29.6. The molecule has 2 heterocycles. The average Bonchev–Trinajstić information content (AvgIpc) is 3.13. The minimum absolute atomic E-state index is 0.153. The van der Waals surface area contributed by atoms with Crippen molar-refractivity contribution in [2.45, 2.75) is 17.8 Å². The van der Waals surface area contributed by atoms with E-state index in [2.05, 4.69) is 14.7 Å².